The number of aromatic carboxylic acids is 1. The van der Waals surface area contributed by atoms with Crippen molar-refractivity contribution < 1.29 is 23.8 Å². The summed E-state index contributed by atoms with van der Waals surface area (Å²) < 4.78 is 25.3. The fourth-order valence-electron chi connectivity index (χ4n) is 2.68. The molecule has 0 aliphatic rings. The van der Waals surface area contributed by atoms with Gasteiger partial charge in [0.05, 0.1) is 29.1 Å². The summed E-state index contributed by atoms with van der Waals surface area (Å²) in [5.74, 6) is -0.477. The Balaban J connectivity index is 1.69. The van der Waals surface area contributed by atoms with Crippen LogP contribution in [-0.2, 0) is 6.61 Å². The van der Waals surface area contributed by atoms with Gasteiger partial charge in [-0.3, -0.25) is 5.43 Å². The third-order valence-electron chi connectivity index (χ3n) is 4.24. The molecule has 8 heteroatoms. The van der Waals surface area contributed by atoms with Crippen LogP contribution in [0.25, 0.3) is 0 Å². The maximum absolute atomic E-state index is 14.0. The van der Waals surface area contributed by atoms with Crippen molar-refractivity contribution in [3.05, 3.63) is 88.2 Å². The average Bonchev–Trinajstić information content (AvgIpc) is 2.75. The second-order valence-electron chi connectivity index (χ2n) is 6.38. The van der Waals surface area contributed by atoms with E-state index in [2.05, 4.69) is 10.5 Å². The molecule has 0 spiro atoms. The molecule has 3 aromatic rings. The predicted octanol–water partition coefficient (Wildman–Crippen LogP) is 5.60. The number of benzene rings is 3. The van der Waals surface area contributed by atoms with Crippen LogP contribution in [0.4, 0.5) is 10.1 Å². The monoisotopic (exact) mass is 442 g/mol. The quantitative estimate of drug-likeness (QED) is 0.333. The van der Waals surface area contributed by atoms with Gasteiger partial charge in [-0.25, -0.2) is 9.18 Å². The van der Waals surface area contributed by atoms with E-state index < -0.39 is 11.8 Å². The second kappa shape index (κ2) is 10.4. The zero-order chi connectivity index (χ0) is 22.2. The zero-order valence-corrected chi connectivity index (χ0v) is 17.4. The van der Waals surface area contributed by atoms with Crippen molar-refractivity contribution in [3.63, 3.8) is 0 Å². The molecule has 3 rings (SSSR count). The van der Waals surface area contributed by atoms with E-state index in [1.165, 1.54) is 24.3 Å². The van der Waals surface area contributed by atoms with E-state index in [0.29, 0.717) is 28.8 Å². The third-order valence-corrected chi connectivity index (χ3v) is 4.59. The molecule has 2 N–H and O–H groups in total. The number of ether oxygens (including phenoxy) is 2. The summed E-state index contributed by atoms with van der Waals surface area (Å²) in [6.45, 7) is 2.24. The molecule has 0 heterocycles. The molecule has 6 nitrogen and oxygen atoms in total. The van der Waals surface area contributed by atoms with E-state index in [4.69, 9.17) is 26.2 Å². The maximum Gasteiger partial charge on any atom is 0.335 e. The third kappa shape index (κ3) is 5.96. The Morgan fingerprint density at radius 3 is 2.58 bits per heavy atom. The lowest BCUT2D eigenvalue weighted by Gasteiger charge is -2.13. The highest BCUT2D eigenvalue weighted by Crippen LogP contribution is 2.30. The molecular weight excluding hydrogens is 423 g/mol. The van der Waals surface area contributed by atoms with Gasteiger partial charge < -0.3 is 14.6 Å². The van der Waals surface area contributed by atoms with Crippen molar-refractivity contribution in [2.24, 2.45) is 5.10 Å². The molecule has 0 unspecified atom stereocenters. The van der Waals surface area contributed by atoms with Gasteiger partial charge in [-0.15, -0.1) is 0 Å². The van der Waals surface area contributed by atoms with Crippen molar-refractivity contribution in [2.45, 2.75) is 13.5 Å². The van der Waals surface area contributed by atoms with Crippen LogP contribution in [0.5, 0.6) is 11.5 Å². The molecule has 160 valence electrons. The molecule has 0 radical (unpaired) electrons. The fourth-order valence-corrected chi connectivity index (χ4v) is 2.90. The van der Waals surface area contributed by atoms with Crippen molar-refractivity contribution in [2.75, 3.05) is 12.0 Å². The summed E-state index contributed by atoms with van der Waals surface area (Å²) in [6.07, 6.45) is 1.59. The number of rotatable bonds is 9. The number of hydrogen-bond acceptors (Lipinski definition) is 5. The Labute approximate surface area is 183 Å². The molecule has 0 atom stereocenters. The summed E-state index contributed by atoms with van der Waals surface area (Å²) in [6, 6.07) is 15.9. The number of anilines is 1. The molecule has 0 bridgehead atoms. The number of carboxylic acid groups (broad SMARTS) is 1. The molecule has 31 heavy (non-hydrogen) atoms. The summed E-state index contributed by atoms with van der Waals surface area (Å²) in [4.78, 5) is 10.9. The van der Waals surface area contributed by atoms with Gasteiger partial charge in [-0.05, 0) is 67.1 Å². The van der Waals surface area contributed by atoms with E-state index in [0.717, 1.165) is 5.56 Å². The van der Waals surface area contributed by atoms with E-state index in [1.54, 1.807) is 42.6 Å². The van der Waals surface area contributed by atoms with Gasteiger partial charge in [0.15, 0.2) is 11.5 Å². The summed E-state index contributed by atoms with van der Waals surface area (Å²) in [5, 5.41) is 13.4. The van der Waals surface area contributed by atoms with Crippen LogP contribution in [0, 0.1) is 5.82 Å². The highest BCUT2D eigenvalue weighted by atomic mass is 35.5. The number of nitrogens with one attached hydrogen (secondary N) is 1. The number of hydrazone groups is 1. The Hall–Kier alpha value is -3.58. The Bertz CT molecular complexity index is 1070. The first kappa shape index (κ1) is 22.1. The smallest absolute Gasteiger partial charge is 0.335 e. The first-order valence-electron chi connectivity index (χ1n) is 9.43. The molecule has 0 aromatic heterocycles. The van der Waals surface area contributed by atoms with Crippen molar-refractivity contribution in [1.29, 1.82) is 0 Å². The molecule has 0 aliphatic heterocycles. The molecular formula is C23H20ClFN2O4. The van der Waals surface area contributed by atoms with E-state index in [9.17, 15) is 9.18 Å². The van der Waals surface area contributed by atoms with Gasteiger partial charge in [0, 0.05) is 5.56 Å². The van der Waals surface area contributed by atoms with E-state index >= 15 is 0 Å². The molecule has 0 amide bonds. The minimum atomic E-state index is -0.988. The van der Waals surface area contributed by atoms with Crippen LogP contribution in [-0.4, -0.2) is 23.9 Å². The van der Waals surface area contributed by atoms with Crippen molar-refractivity contribution >= 4 is 29.5 Å². The van der Waals surface area contributed by atoms with Crippen LogP contribution < -0.4 is 14.9 Å². The van der Waals surface area contributed by atoms with Crippen LogP contribution in [0.2, 0.25) is 5.02 Å². The van der Waals surface area contributed by atoms with Gasteiger partial charge in [0.2, 0.25) is 0 Å². The number of carbonyl (C=O) groups is 1. The molecule has 3 aromatic carbocycles. The predicted molar refractivity (Wildman–Crippen MR) is 118 cm³/mol. The van der Waals surface area contributed by atoms with Crippen LogP contribution >= 0.6 is 11.6 Å². The molecule has 0 saturated heterocycles. The fraction of sp³-hybridized carbons (Fsp3) is 0.130. The average molecular weight is 443 g/mol. The maximum atomic E-state index is 14.0. The minimum Gasteiger partial charge on any atom is -0.490 e. The van der Waals surface area contributed by atoms with Crippen LogP contribution in [0.15, 0.2) is 65.8 Å². The molecule has 0 saturated carbocycles. The highest BCUT2D eigenvalue weighted by molar-refractivity contribution is 6.31. The lowest BCUT2D eigenvalue weighted by atomic mass is 10.2. The van der Waals surface area contributed by atoms with E-state index in [1.807, 2.05) is 6.92 Å². The van der Waals surface area contributed by atoms with E-state index in [-0.39, 0.29) is 17.7 Å². The SMILES string of the molecule is CCOc1cc(/C=N/Nc2ccc(C(=O)O)cc2)ccc1OCc1c(F)cccc1Cl. The first-order valence-corrected chi connectivity index (χ1v) is 9.80. The number of hydrogen-bond donors (Lipinski definition) is 2. The lowest BCUT2D eigenvalue weighted by molar-refractivity contribution is 0.0697. The van der Waals surface area contributed by atoms with Crippen molar-refractivity contribution in [3.8, 4) is 11.5 Å². The highest BCUT2D eigenvalue weighted by Gasteiger charge is 2.11. The standard InChI is InChI=1S/C23H20ClFN2O4/c1-2-30-22-12-15(13-26-27-17-9-7-16(8-10-17)23(28)29)6-11-21(22)31-14-18-19(24)4-3-5-20(18)25/h3-13,27H,2,14H2,1H3,(H,28,29)/b26-13+. The topological polar surface area (TPSA) is 80.2 Å². The summed E-state index contributed by atoms with van der Waals surface area (Å²) in [7, 11) is 0. The summed E-state index contributed by atoms with van der Waals surface area (Å²) >= 11 is 6.05. The number of halogens is 2. The lowest BCUT2D eigenvalue weighted by Crippen LogP contribution is -2.02. The molecule has 0 aliphatic carbocycles. The van der Waals surface area contributed by atoms with Gasteiger partial charge >= 0.3 is 5.97 Å². The normalized spacial score (nSPS) is 10.8. The van der Waals surface area contributed by atoms with Gasteiger partial charge in [0.25, 0.3) is 0 Å². The minimum absolute atomic E-state index is 0.0348. The molecule has 0 fully saturated rings. The van der Waals surface area contributed by atoms with Gasteiger partial charge in [-0.2, -0.15) is 5.10 Å². The van der Waals surface area contributed by atoms with Gasteiger partial charge in [-0.1, -0.05) is 17.7 Å². The first-order chi connectivity index (χ1) is 15.0. The summed E-state index contributed by atoms with van der Waals surface area (Å²) in [5.41, 5.74) is 4.69. The van der Waals surface area contributed by atoms with Crippen molar-refractivity contribution in [1.82, 2.24) is 0 Å². The second-order valence-corrected chi connectivity index (χ2v) is 6.79. The van der Waals surface area contributed by atoms with Gasteiger partial charge in [0.1, 0.15) is 12.4 Å². The Morgan fingerprint density at radius 1 is 1.13 bits per heavy atom. The Kier molecular flexibility index (Phi) is 7.45. The Morgan fingerprint density at radius 2 is 1.90 bits per heavy atom. The number of nitrogens with zero attached hydrogens (tertiary/aromatic N) is 1. The van der Waals surface area contributed by atoms with Crippen LogP contribution in [0.1, 0.15) is 28.4 Å². The zero-order valence-electron chi connectivity index (χ0n) is 16.6. The van der Waals surface area contributed by atoms with Crippen LogP contribution in [0.3, 0.4) is 0 Å². The largest absolute Gasteiger partial charge is 0.490 e. The number of carboxylic acids is 1.